The molecule has 0 aromatic heterocycles. The molecule has 0 radical (unpaired) electrons. The zero-order valence-corrected chi connectivity index (χ0v) is 27.0. The molecule has 4 rings (SSSR count). The van der Waals surface area contributed by atoms with Crippen molar-refractivity contribution in [1.82, 2.24) is 0 Å². The molecule has 0 heterocycles. The lowest BCUT2D eigenvalue weighted by Gasteiger charge is -2.24. The highest BCUT2D eigenvalue weighted by Gasteiger charge is 2.39. The van der Waals surface area contributed by atoms with Gasteiger partial charge in [0.05, 0.1) is 23.7 Å². The molecule has 0 saturated heterocycles. The average Bonchev–Trinajstić information content (AvgIpc) is 3.07. The van der Waals surface area contributed by atoms with E-state index in [0.29, 0.717) is 28.8 Å². The van der Waals surface area contributed by atoms with Crippen LogP contribution in [0, 0.1) is 5.92 Å². The molecule has 2 atom stereocenters. The molecule has 0 amide bonds. The van der Waals surface area contributed by atoms with Gasteiger partial charge in [-0.25, -0.2) is 0 Å². The van der Waals surface area contributed by atoms with Gasteiger partial charge in [0.2, 0.25) is 7.37 Å². The largest absolute Gasteiger partial charge is 0.461 e. The minimum atomic E-state index is -5.13. The van der Waals surface area contributed by atoms with Gasteiger partial charge in [0, 0.05) is 18.7 Å². The van der Waals surface area contributed by atoms with Crippen molar-refractivity contribution in [1.29, 1.82) is 0 Å². The molecule has 0 aliphatic rings. The fraction of sp³-hybridized carbons (Fsp3) is 0.278. The van der Waals surface area contributed by atoms with E-state index in [2.05, 4.69) is 0 Å². The molecule has 4 aromatic rings. The number of carbonyl (C=O) groups is 2. The normalized spacial score (nSPS) is 13.7. The lowest BCUT2D eigenvalue weighted by atomic mass is 10.1. The van der Waals surface area contributed by atoms with Crippen molar-refractivity contribution < 1.29 is 54.5 Å². The van der Waals surface area contributed by atoms with E-state index in [9.17, 15) is 40.5 Å². The van der Waals surface area contributed by atoms with Gasteiger partial charge in [-0.3, -0.25) is 14.2 Å². The Morgan fingerprint density at radius 2 is 1.06 bits per heavy atom. The zero-order valence-electron chi connectivity index (χ0n) is 26.1. The van der Waals surface area contributed by atoms with Gasteiger partial charge in [-0.2, -0.15) is 26.3 Å². The maximum Gasteiger partial charge on any atom is 0.416 e. The Balaban J connectivity index is 1.62. The molecule has 49 heavy (non-hydrogen) atoms. The zero-order chi connectivity index (χ0) is 35.5. The van der Waals surface area contributed by atoms with Crippen molar-refractivity contribution in [3.8, 4) is 0 Å². The number of alkyl halides is 6. The molecule has 0 saturated carbocycles. The van der Waals surface area contributed by atoms with Gasteiger partial charge in [-0.05, 0) is 46.9 Å². The summed E-state index contributed by atoms with van der Waals surface area (Å²) in [7, 11) is -4.27. The summed E-state index contributed by atoms with van der Waals surface area (Å²) < 4.78 is 113. The van der Waals surface area contributed by atoms with Crippen molar-refractivity contribution in [3.63, 3.8) is 0 Å². The Morgan fingerprint density at radius 1 is 0.612 bits per heavy atom. The van der Waals surface area contributed by atoms with Crippen LogP contribution in [0.1, 0.15) is 46.2 Å². The van der Waals surface area contributed by atoms with Gasteiger partial charge in [0.1, 0.15) is 13.2 Å². The average molecular weight is 707 g/mol. The minimum Gasteiger partial charge on any atom is -0.461 e. The summed E-state index contributed by atoms with van der Waals surface area (Å²) >= 11 is 0. The Labute approximate surface area is 279 Å². The Bertz CT molecular complexity index is 1680. The summed E-state index contributed by atoms with van der Waals surface area (Å²) in [6, 6.07) is 26.6. The van der Waals surface area contributed by atoms with E-state index in [1.807, 2.05) is 0 Å². The first-order valence-corrected chi connectivity index (χ1v) is 17.1. The van der Waals surface area contributed by atoms with E-state index in [4.69, 9.17) is 14.0 Å². The van der Waals surface area contributed by atoms with Crippen molar-refractivity contribution >= 4 is 19.3 Å². The third-order valence-corrected chi connectivity index (χ3v) is 9.82. The molecule has 0 bridgehead atoms. The lowest BCUT2D eigenvalue weighted by molar-refractivity contribution is -0.150. The molecule has 0 aliphatic heterocycles. The second-order valence-corrected chi connectivity index (χ2v) is 13.9. The third kappa shape index (κ3) is 12.2. The van der Waals surface area contributed by atoms with Crippen molar-refractivity contribution in [2.24, 2.45) is 5.92 Å². The van der Waals surface area contributed by atoms with Gasteiger partial charge in [0.15, 0.2) is 0 Å². The number of ether oxygens (including phenoxy) is 2. The quantitative estimate of drug-likeness (QED) is 0.0696. The van der Waals surface area contributed by atoms with Crippen LogP contribution in [-0.2, 0) is 66.5 Å². The second kappa shape index (κ2) is 16.8. The highest BCUT2D eigenvalue weighted by molar-refractivity contribution is 7.58. The molecule has 0 spiro atoms. The van der Waals surface area contributed by atoms with Crippen LogP contribution in [0.15, 0.2) is 109 Å². The molecular weight excluding hydrogens is 673 g/mol. The summed E-state index contributed by atoms with van der Waals surface area (Å²) in [4.78, 5) is 26.1. The van der Waals surface area contributed by atoms with Crippen molar-refractivity contribution in [3.05, 3.63) is 143 Å². The summed E-state index contributed by atoms with van der Waals surface area (Å²) in [6.45, 7) is -0.529. The first-order valence-electron chi connectivity index (χ1n) is 15.2. The topological polar surface area (TPSA) is 78.9 Å². The maximum absolute atomic E-state index is 14.5. The highest BCUT2D eigenvalue weighted by atomic mass is 31.2. The minimum absolute atomic E-state index is 0.0237. The van der Waals surface area contributed by atoms with E-state index in [1.165, 1.54) is 0 Å². The molecule has 2 unspecified atom stereocenters. The standard InChI is InChI=1S/C36H33F6O6P/c37-35(38,39)31-18-29(19-32(20-31)36(40,41)42)24-49(45,48-23-28-14-8-3-9-15-28)25-30(34(44)47-22-27-12-6-2-7-13-27)16-17-33(43)46-21-26-10-4-1-5-11-26/h1-15,18-20,30H,16-17,21-25H2. The predicted octanol–water partition coefficient (Wildman–Crippen LogP) is 9.60. The highest BCUT2D eigenvalue weighted by Crippen LogP contribution is 2.54. The molecule has 260 valence electrons. The Morgan fingerprint density at radius 3 is 1.53 bits per heavy atom. The smallest absolute Gasteiger partial charge is 0.416 e. The summed E-state index contributed by atoms with van der Waals surface area (Å²) in [5.41, 5.74) is -1.83. The van der Waals surface area contributed by atoms with E-state index >= 15 is 0 Å². The molecule has 0 aliphatic carbocycles. The Kier molecular flexibility index (Phi) is 12.8. The number of halogens is 6. The number of carbonyl (C=O) groups excluding carboxylic acids is 2. The van der Waals surface area contributed by atoms with Crippen LogP contribution < -0.4 is 0 Å². The first kappa shape index (κ1) is 37.4. The summed E-state index contributed by atoms with van der Waals surface area (Å²) in [6.07, 6.45) is -12.3. The van der Waals surface area contributed by atoms with Crippen LogP contribution in [0.25, 0.3) is 0 Å². The van der Waals surface area contributed by atoms with Gasteiger partial charge in [0.25, 0.3) is 0 Å². The van der Waals surface area contributed by atoms with Crippen LogP contribution in [-0.4, -0.2) is 18.1 Å². The van der Waals surface area contributed by atoms with Gasteiger partial charge < -0.3 is 14.0 Å². The van der Waals surface area contributed by atoms with Crippen LogP contribution in [0.2, 0.25) is 0 Å². The van der Waals surface area contributed by atoms with Crippen LogP contribution in [0.3, 0.4) is 0 Å². The second-order valence-electron chi connectivity index (χ2n) is 11.3. The molecule has 6 nitrogen and oxygen atoms in total. The number of benzene rings is 4. The van der Waals surface area contributed by atoms with E-state index < -0.39 is 66.6 Å². The van der Waals surface area contributed by atoms with E-state index in [0.717, 1.165) is 0 Å². The fourth-order valence-electron chi connectivity index (χ4n) is 4.89. The number of esters is 2. The number of hydrogen-bond donors (Lipinski definition) is 0. The van der Waals surface area contributed by atoms with E-state index in [-0.39, 0.29) is 38.7 Å². The van der Waals surface area contributed by atoms with Crippen LogP contribution >= 0.6 is 7.37 Å². The molecular formula is C36H33F6O6P. The maximum atomic E-state index is 14.5. The molecule has 0 fully saturated rings. The number of hydrogen-bond acceptors (Lipinski definition) is 6. The summed E-state index contributed by atoms with van der Waals surface area (Å²) in [5, 5.41) is 0. The first-order chi connectivity index (χ1) is 23.2. The SMILES string of the molecule is O=C(CCC(CP(=O)(Cc1cc(C(F)(F)F)cc(C(F)(F)F)c1)OCc1ccccc1)C(=O)OCc1ccccc1)OCc1ccccc1. The molecule has 13 heteroatoms. The van der Waals surface area contributed by atoms with Gasteiger partial charge in [-0.15, -0.1) is 0 Å². The van der Waals surface area contributed by atoms with Gasteiger partial charge >= 0.3 is 24.3 Å². The Hall–Kier alpha value is -4.41. The van der Waals surface area contributed by atoms with Crippen LogP contribution in [0.5, 0.6) is 0 Å². The lowest BCUT2D eigenvalue weighted by Crippen LogP contribution is -2.24. The van der Waals surface area contributed by atoms with E-state index in [1.54, 1.807) is 91.0 Å². The predicted molar refractivity (Wildman–Crippen MR) is 169 cm³/mol. The molecule has 0 N–H and O–H groups in total. The molecule has 4 aromatic carbocycles. The fourth-order valence-corrected chi connectivity index (χ4v) is 7.34. The van der Waals surface area contributed by atoms with Crippen molar-refractivity contribution in [2.75, 3.05) is 6.16 Å². The third-order valence-electron chi connectivity index (χ3n) is 7.38. The van der Waals surface area contributed by atoms with Crippen LogP contribution in [0.4, 0.5) is 26.3 Å². The summed E-state index contributed by atoms with van der Waals surface area (Å²) in [5.74, 6) is -2.84. The van der Waals surface area contributed by atoms with Gasteiger partial charge in [-0.1, -0.05) is 91.0 Å². The monoisotopic (exact) mass is 706 g/mol. The van der Waals surface area contributed by atoms with Crippen molar-refractivity contribution in [2.45, 2.75) is 51.2 Å². The number of rotatable bonds is 15.